The highest BCUT2D eigenvalue weighted by Gasteiger charge is 2.29. The van der Waals surface area contributed by atoms with E-state index in [4.69, 9.17) is 0 Å². The quantitative estimate of drug-likeness (QED) is 0.426. The van der Waals surface area contributed by atoms with Gasteiger partial charge in [0.15, 0.2) is 5.34 Å². The molecular weight excluding hydrogens is 238 g/mol. The Morgan fingerprint density at radius 3 is 2.58 bits per heavy atom. The summed E-state index contributed by atoms with van der Waals surface area (Å²) in [6, 6.07) is 0. The van der Waals surface area contributed by atoms with E-state index in [1.807, 2.05) is 0 Å². The summed E-state index contributed by atoms with van der Waals surface area (Å²) in [7, 11) is 0. The molecule has 0 aromatic carbocycles. The summed E-state index contributed by atoms with van der Waals surface area (Å²) in [6.45, 7) is 9.72. The largest absolute Gasteiger partial charge is 0.364 e. The van der Waals surface area contributed by atoms with Crippen molar-refractivity contribution in [3.05, 3.63) is 4.91 Å². The van der Waals surface area contributed by atoms with Gasteiger partial charge >= 0.3 is 0 Å². The highest BCUT2D eigenvalue weighted by molar-refractivity contribution is 4.80. The lowest BCUT2D eigenvalue weighted by Gasteiger charge is -2.23. The Labute approximate surface area is 118 Å². The van der Waals surface area contributed by atoms with Crippen LogP contribution in [0.25, 0.3) is 0 Å². The van der Waals surface area contributed by atoms with Crippen molar-refractivity contribution in [2.75, 3.05) is 6.61 Å². The van der Waals surface area contributed by atoms with E-state index in [0.717, 1.165) is 30.1 Å². The minimum atomic E-state index is 0.449. The Morgan fingerprint density at radius 2 is 1.95 bits per heavy atom. The molecule has 3 nitrogen and oxygen atoms in total. The summed E-state index contributed by atoms with van der Waals surface area (Å²) >= 11 is 0. The highest BCUT2D eigenvalue weighted by atomic mass is 16.7. The van der Waals surface area contributed by atoms with Crippen molar-refractivity contribution >= 4 is 0 Å². The third-order valence-electron chi connectivity index (χ3n) is 5.10. The minimum absolute atomic E-state index is 0.449. The Morgan fingerprint density at radius 1 is 1.21 bits per heavy atom. The molecule has 0 bridgehead atoms. The summed E-state index contributed by atoms with van der Waals surface area (Å²) in [5, 5.41) is 2.46. The molecule has 112 valence electrons. The van der Waals surface area contributed by atoms with Gasteiger partial charge in [-0.15, -0.1) is 4.91 Å². The molecule has 3 heteroatoms. The van der Waals surface area contributed by atoms with E-state index < -0.39 is 0 Å². The second-order valence-electron chi connectivity index (χ2n) is 6.95. The number of rotatable bonds is 9. The molecule has 0 spiro atoms. The van der Waals surface area contributed by atoms with E-state index >= 15 is 0 Å². The summed E-state index contributed by atoms with van der Waals surface area (Å²) in [5.74, 6) is 4.02. The van der Waals surface area contributed by atoms with Gasteiger partial charge in [-0.25, -0.2) is 0 Å². The van der Waals surface area contributed by atoms with E-state index in [-0.39, 0.29) is 0 Å². The van der Waals surface area contributed by atoms with Crippen molar-refractivity contribution in [2.45, 2.75) is 66.2 Å². The van der Waals surface area contributed by atoms with Crippen LogP contribution in [0.2, 0.25) is 0 Å². The Hall–Kier alpha value is -0.600. The molecule has 1 aliphatic carbocycles. The van der Waals surface area contributed by atoms with Crippen molar-refractivity contribution < 1.29 is 4.84 Å². The predicted molar refractivity (Wildman–Crippen MR) is 79.6 cm³/mol. The first-order valence-electron chi connectivity index (χ1n) is 7.99. The van der Waals surface area contributed by atoms with Crippen molar-refractivity contribution in [2.24, 2.45) is 34.9 Å². The Kier molecular flexibility index (Phi) is 7.40. The van der Waals surface area contributed by atoms with E-state index in [1.54, 1.807) is 0 Å². The lowest BCUT2D eigenvalue weighted by molar-refractivity contribution is 0.104. The molecule has 0 heterocycles. The topological polar surface area (TPSA) is 38.7 Å². The van der Waals surface area contributed by atoms with Crippen LogP contribution in [0.1, 0.15) is 66.2 Å². The lowest BCUT2D eigenvalue weighted by atomic mass is 9.83. The molecular formula is C16H31NO2. The van der Waals surface area contributed by atoms with Gasteiger partial charge in [0.25, 0.3) is 0 Å². The van der Waals surface area contributed by atoms with Crippen LogP contribution in [0.15, 0.2) is 5.34 Å². The maximum atomic E-state index is 9.87. The SMILES string of the molecule is CC(CCCC1CCC(C(C)C(C)C)C1)CON=O. The normalized spacial score (nSPS) is 26.4. The molecule has 0 aliphatic heterocycles. The third kappa shape index (κ3) is 5.92. The van der Waals surface area contributed by atoms with Gasteiger partial charge in [-0.2, -0.15) is 0 Å². The van der Waals surface area contributed by atoms with E-state index in [0.29, 0.717) is 12.5 Å². The molecule has 0 aromatic rings. The average Bonchev–Trinajstić information content (AvgIpc) is 2.84. The van der Waals surface area contributed by atoms with Crippen LogP contribution >= 0.6 is 0 Å². The zero-order valence-corrected chi connectivity index (χ0v) is 13.1. The first-order chi connectivity index (χ1) is 9.04. The maximum Gasteiger partial charge on any atom is 0.155 e. The van der Waals surface area contributed by atoms with Crippen LogP contribution in [-0.4, -0.2) is 6.61 Å². The number of hydrogen-bond acceptors (Lipinski definition) is 3. The standard InChI is InChI=1S/C16H31NO2/c1-12(2)14(4)16-9-8-15(10-16)7-5-6-13(3)11-19-17-18/h12-16H,5-11H2,1-4H3. The molecule has 4 atom stereocenters. The van der Waals surface area contributed by atoms with Crippen molar-refractivity contribution in [3.8, 4) is 0 Å². The first-order valence-corrected chi connectivity index (χ1v) is 7.99. The van der Waals surface area contributed by atoms with Gasteiger partial charge in [-0.3, -0.25) is 0 Å². The van der Waals surface area contributed by atoms with Gasteiger partial charge in [-0.05, 0) is 48.9 Å². The number of hydrogen-bond donors (Lipinski definition) is 0. The van der Waals surface area contributed by atoms with Crippen molar-refractivity contribution in [3.63, 3.8) is 0 Å². The molecule has 1 aliphatic rings. The second kappa shape index (κ2) is 8.55. The molecule has 0 saturated heterocycles. The maximum absolute atomic E-state index is 9.87. The van der Waals surface area contributed by atoms with Crippen LogP contribution in [0.3, 0.4) is 0 Å². The molecule has 0 N–H and O–H groups in total. The molecule has 19 heavy (non-hydrogen) atoms. The second-order valence-corrected chi connectivity index (χ2v) is 6.95. The van der Waals surface area contributed by atoms with Crippen LogP contribution in [0.4, 0.5) is 0 Å². The number of nitrogens with zero attached hydrogens (tertiary/aromatic N) is 1. The summed E-state index contributed by atoms with van der Waals surface area (Å²) in [6.07, 6.45) is 8.04. The zero-order chi connectivity index (χ0) is 14.3. The first kappa shape index (κ1) is 16.5. The lowest BCUT2D eigenvalue weighted by Crippen LogP contribution is -2.14. The highest BCUT2D eigenvalue weighted by Crippen LogP contribution is 2.40. The van der Waals surface area contributed by atoms with Crippen LogP contribution in [0.5, 0.6) is 0 Å². The fraction of sp³-hybridized carbons (Fsp3) is 1.00. The fourth-order valence-corrected chi connectivity index (χ4v) is 3.39. The predicted octanol–water partition coefficient (Wildman–Crippen LogP) is 5.20. The molecule has 4 unspecified atom stereocenters. The van der Waals surface area contributed by atoms with Crippen molar-refractivity contribution in [1.82, 2.24) is 0 Å². The van der Waals surface area contributed by atoms with Crippen LogP contribution < -0.4 is 0 Å². The summed E-state index contributed by atoms with van der Waals surface area (Å²) in [5.41, 5.74) is 0. The van der Waals surface area contributed by atoms with Crippen LogP contribution in [0, 0.1) is 34.5 Å². The third-order valence-corrected chi connectivity index (χ3v) is 5.10. The van der Waals surface area contributed by atoms with Gasteiger partial charge in [0.2, 0.25) is 0 Å². The van der Waals surface area contributed by atoms with E-state index in [2.05, 4.69) is 37.9 Å². The van der Waals surface area contributed by atoms with Gasteiger partial charge in [0, 0.05) is 0 Å². The van der Waals surface area contributed by atoms with E-state index in [1.165, 1.54) is 32.1 Å². The van der Waals surface area contributed by atoms with Gasteiger partial charge < -0.3 is 4.84 Å². The Bertz CT molecular complexity index is 255. The fourth-order valence-electron chi connectivity index (χ4n) is 3.39. The molecule has 0 aromatic heterocycles. The summed E-state index contributed by atoms with van der Waals surface area (Å²) < 4.78 is 0. The zero-order valence-electron chi connectivity index (χ0n) is 13.1. The van der Waals surface area contributed by atoms with Gasteiger partial charge in [0.05, 0.1) is 0 Å². The minimum Gasteiger partial charge on any atom is -0.364 e. The van der Waals surface area contributed by atoms with Crippen molar-refractivity contribution in [1.29, 1.82) is 0 Å². The average molecular weight is 269 g/mol. The smallest absolute Gasteiger partial charge is 0.155 e. The van der Waals surface area contributed by atoms with E-state index in [9.17, 15) is 4.91 Å². The summed E-state index contributed by atoms with van der Waals surface area (Å²) in [4.78, 5) is 14.4. The Balaban J connectivity index is 2.13. The molecule has 0 amide bonds. The molecule has 1 fully saturated rings. The van der Waals surface area contributed by atoms with Gasteiger partial charge in [-0.1, -0.05) is 47.0 Å². The molecule has 0 radical (unpaired) electrons. The van der Waals surface area contributed by atoms with Gasteiger partial charge in [0.1, 0.15) is 6.61 Å². The molecule has 1 rings (SSSR count). The monoisotopic (exact) mass is 269 g/mol. The van der Waals surface area contributed by atoms with Crippen LogP contribution in [-0.2, 0) is 4.84 Å². The molecule has 1 saturated carbocycles.